The summed E-state index contributed by atoms with van der Waals surface area (Å²) in [7, 11) is 1.66. The molecule has 0 N–H and O–H groups in total. The van der Waals surface area contributed by atoms with E-state index < -0.39 is 0 Å². The number of nitrogens with zero attached hydrogens (tertiary/aromatic N) is 4. The van der Waals surface area contributed by atoms with E-state index in [9.17, 15) is 4.79 Å². The highest BCUT2D eigenvalue weighted by atomic mass is 16.5. The van der Waals surface area contributed by atoms with Gasteiger partial charge < -0.3 is 13.8 Å². The number of benzene rings is 1. The fourth-order valence-corrected chi connectivity index (χ4v) is 2.27. The Kier molecular flexibility index (Phi) is 4.41. The Balaban J connectivity index is 1.73. The second-order valence-electron chi connectivity index (χ2n) is 5.41. The highest BCUT2D eigenvalue weighted by Crippen LogP contribution is 2.17. The van der Waals surface area contributed by atoms with Crippen molar-refractivity contribution in [3.63, 3.8) is 0 Å². The van der Waals surface area contributed by atoms with E-state index in [1.807, 2.05) is 37.3 Å². The van der Waals surface area contributed by atoms with Crippen molar-refractivity contribution in [2.45, 2.75) is 26.8 Å². The second kappa shape index (κ2) is 6.66. The molecule has 0 bridgehead atoms. The van der Waals surface area contributed by atoms with E-state index in [1.165, 1.54) is 4.90 Å². The first-order chi connectivity index (χ1) is 11.6. The molecule has 0 atom stereocenters. The smallest absolute Gasteiger partial charge is 0.291 e. The van der Waals surface area contributed by atoms with Gasteiger partial charge in [-0.1, -0.05) is 42.4 Å². The van der Waals surface area contributed by atoms with Crippen LogP contribution in [0.4, 0.5) is 0 Å². The fraction of sp³-hybridized carbons (Fsp3) is 0.294. The minimum Gasteiger partial charge on any atom is -0.435 e. The third-order valence-electron chi connectivity index (χ3n) is 3.56. The summed E-state index contributed by atoms with van der Waals surface area (Å²) >= 11 is 0. The van der Waals surface area contributed by atoms with Gasteiger partial charge >= 0.3 is 0 Å². The summed E-state index contributed by atoms with van der Waals surface area (Å²) in [6, 6.07) is 9.51. The summed E-state index contributed by atoms with van der Waals surface area (Å²) < 4.78 is 10.7. The first-order valence-corrected chi connectivity index (χ1v) is 7.68. The largest absolute Gasteiger partial charge is 0.435 e. The molecular weight excluding hydrogens is 308 g/mol. The van der Waals surface area contributed by atoms with Gasteiger partial charge in [-0.3, -0.25) is 4.79 Å². The molecule has 0 radical (unpaired) electrons. The van der Waals surface area contributed by atoms with Gasteiger partial charge in [0.15, 0.2) is 5.89 Å². The van der Waals surface area contributed by atoms with Crippen molar-refractivity contribution in [1.82, 2.24) is 20.0 Å². The van der Waals surface area contributed by atoms with Crippen LogP contribution in [0, 0.1) is 6.92 Å². The van der Waals surface area contributed by atoms with Gasteiger partial charge in [-0.15, -0.1) is 0 Å². The molecule has 124 valence electrons. The lowest BCUT2D eigenvalue weighted by Crippen LogP contribution is -2.26. The number of carbonyl (C=O) groups is 1. The molecule has 2 aromatic heterocycles. The van der Waals surface area contributed by atoms with Gasteiger partial charge in [-0.05, 0) is 6.92 Å². The Hall–Kier alpha value is -2.96. The third-order valence-corrected chi connectivity index (χ3v) is 3.56. The zero-order chi connectivity index (χ0) is 17.1. The fourth-order valence-electron chi connectivity index (χ4n) is 2.27. The van der Waals surface area contributed by atoms with E-state index in [2.05, 4.69) is 15.1 Å². The Morgan fingerprint density at radius 3 is 2.58 bits per heavy atom. The van der Waals surface area contributed by atoms with Crippen LogP contribution >= 0.6 is 0 Å². The number of aromatic nitrogens is 3. The molecule has 0 saturated heterocycles. The van der Waals surface area contributed by atoms with Gasteiger partial charge in [-0.2, -0.15) is 4.98 Å². The molecule has 0 saturated carbocycles. The lowest BCUT2D eigenvalue weighted by atomic mass is 10.2. The van der Waals surface area contributed by atoms with E-state index in [0.29, 0.717) is 29.7 Å². The second-order valence-corrected chi connectivity index (χ2v) is 5.41. The van der Waals surface area contributed by atoms with E-state index >= 15 is 0 Å². The lowest BCUT2D eigenvalue weighted by molar-refractivity contribution is 0.0735. The Bertz CT molecular complexity index is 839. The molecule has 7 heteroatoms. The van der Waals surface area contributed by atoms with Gasteiger partial charge in [0.1, 0.15) is 6.54 Å². The maximum atomic E-state index is 12.5. The van der Waals surface area contributed by atoms with Crippen LogP contribution in [-0.4, -0.2) is 33.0 Å². The van der Waals surface area contributed by atoms with Gasteiger partial charge in [0.05, 0.1) is 5.69 Å². The number of amides is 1. The zero-order valence-electron chi connectivity index (χ0n) is 13.8. The SMILES string of the molecule is CCc1nc(C)c(C(=O)N(C)Cc2nc(-c3ccccc3)no2)o1. The average Bonchev–Trinajstić information content (AvgIpc) is 3.21. The molecule has 7 nitrogen and oxygen atoms in total. The molecule has 1 amide bonds. The molecule has 0 aliphatic rings. The van der Waals surface area contributed by atoms with Crippen LogP contribution < -0.4 is 0 Å². The molecule has 0 aliphatic heterocycles. The Morgan fingerprint density at radius 2 is 1.92 bits per heavy atom. The van der Waals surface area contributed by atoms with Gasteiger partial charge in [0.2, 0.25) is 17.5 Å². The quantitative estimate of drug-likeness (QED) is 0.716. The van der Waals surface area contributed by atoms with Crippen LogP contribution in [0.5, 0.6) is 0 Å². The molecule has 0 unspecified atom stereocenters. The van der Waals surface area contributed by atoms with Crippen LogP contribution in [0.1, 0.15) is 35.0 Å². The first-order valence-electron chi connectivity index (χ1n) is 7.68. The predicted molar refractivity (Wildman–Crippen MR) is 86.1 cm³/mol. The van der Waals surface area contributed by atoms with Crippen molar-refractivity contribution in [2.75, 3.05) is 7.05 Å². The summed E-state index contributed by atoms with van der Waals surface area (Å²) in [5, 5.41) is 3.95. The molecule has 1 aromatic carbocycles. The first kappa shape index (κ1) is 15.9. The van der Waals surface area contributed by atoms with Crippen molar-refractivity contribution in [3.8, 4) is 11.4 Å². The monoisotopic (exact) mass is 326 g/mol. The summed E-state index contributed by atoms with van der Waals surface area (Å²) in [6.07, 6.45) is 0.641. The molecule has 0 aliphatic carbocycles. The summed E-state index contributed by atoms with van der Waals surface area (Å²) in [5.41, 5.74) is 1.44. The van der Waals surface area contributed by atoms with Crippen molar-refractivity contribution in [1.29, 1.82) is 0 Å². The number of oxazole rings is 1. The maximum Gasteiger partial charge on any atom is 0.291 e. The molecule has 24 heavy (non-hydrogen) atoms. The zero-order valence-corrected chi connectivity index (χ0v) is 13.8. The van der Waals surface area contributed by atoms with Gasteiger partial charge in [-0.25, -0.2) is 4.98 Å². The normalized spacial score (nSPS) is 10.8. The van der Waals surface area contributed by atoms with E-state index in [-0.39, 0.29) is 18.2 Å². The number of aryl methyl sites for hydroxylation is 2. The lowest BCUT2D eigenvalue weighted by Gasteiger charge is -2.12. The Labute approximate surface area is 139 Å². The van der Waals surface area contributed by atoms with E-state index in [4.69, 9.17) is 8.94 Å². The molecule has 3 rings (SSSR count). The topological polar surface area (TPSA) is 85.3 Å². The number of rotatable bonds is 5. The van der Waals surface area contributed by atoms with Crippen molar-refractivity contribution < 1.29 is 13.7 Å². The number of hydrogen-bond acceptors (Lipinski definition) is 6. The number of hydrogen-bond donors (Lipinski definition) is 0. The van der Waals surface area contributed by atoms with E-state index in [1.54, 1.807) is 14.0 Å². The maximum absolute atomic E-state index is 12.5. The number of carbonyl (C=O) groups excluding carboxylic acids is 1. The van der Waals surface area contributed by atoms with Crippen molar-refractivity contribution in [3.05, 3.63) is 53.6 Å². The average molecular weight is 326 g/mol. The molecule has 2 heterocycles. The molecule has 0 fully saturated rings. The van der Waals surface area contributed by atoms with Crippen LogP contribution in [0.15, 0.2) is 39.3 Å². The predicted octanol–water partition coefficient (Wildman–Crippen LogP) is 2.87. The van der Waals surface area contributed by atoms with Gasteiger partial charge in [0, 0.05) is 19.0 Å². The summed E-state index contributed by atoms with van der Waals surface area (Å²) in [5.74, 6) is 1.39. The van der Waals surface area contributed by atoms with Crippen LogP contribution in [-0.2, 0) is 13.0 Å². The van der Waals surface area contributed by atoms with E-state index in [0.717, 1.165) is 5.56 Å². The minimum absolute atomic E-state index is 0.195. The molecule has 0 spiro atoms. The van der Waals surface area contributed by atoms with Crippen LogP contribution in [0.2, 0.25) is 0 Å². The third kappa shape index (κ3) is 3.19. The van der Waals surface area contributed by atoms with Crippen molar-refractivity contribution in [2.24, 2.45) is 0 Å². The standard InChI is InChI=1S/C17H18N4O3/c1-4-13-18-11(2)15(23-13)17(22)21(3)10-14-19-16(20-24-14)12-8-6-5-7-9-12/h5-9H,4,10H2,1-3H3. The minimum atomic E-state index is -0.265. The highest BCUT2D eigenvalue weighted by Gasteiger charge is 2.22. The summed E-state index contributed by atoms with van der Waals surface area (Å²) in [6.45, 7) is 3.87. The van der Waals surface area contributed by atoms with Crippen molar-refractivity contribution >= 4 is 5.91 Å². The van der Waals surface area contributed by atoms with Crippen LogP contribution in [0.25, 0.3) is 11.4 Å². The molecule has 3 aromatic rings. The Morgan fingerprint density at radius 1 is 1.17 bits per heavy atom. The van der Waals surface area contributed by atoms with Gasteiger partial charge in [0.25, 0.3) is 5.91 Å². The highest BCUT2D eigenvalue weighted by molar-refractivity contribution is 5.92. The van der Waals surface area contributed by atoms with Crippen LogP contribution in [0.3, 0.4) is 0 Å². The summed E-state index contributed by atoms with van der Waals surface area (Å²) in [4.78, 5) is 22.5. The molecular formula is C17H18N4O3.